The molecule has 1 atom stereocenters. The zero-order valence-corrected chi connectivity index (χ0v) is 14.8. The van der Waals surface area contributed by atoms with E-state index in [1.54, 1.807) is 24.6 Å². The molecule has 2 aromatic heterocycles. The van der Waals surface area contributed by atoms with E-state index in [0.29, 0.717) is 39.3 Å². The summed E-state index contributed by atoms with van der Waals surface area (Å²) in [5, 5.41) is 7.38. The van der Waals surface area contributed by atoms with Gasteiger partial charge in [0.15, 0.2) is 0 Å². The molecule has 3 rings (SSSR count). The van der Waals surface area contributed by atoms with Crippen molar-refractivity contribution in [2.24, 2.45) is 0 Å². The minimum Gasteiger partial charge on any atom is -0.384 e. The van der Waals surface area contributed by atoms with Crippen LogP contribution in [0.15, 0.2) is 17.6 Å². The summed E-state index contributed by atoms with van der Waals surface area (Å²) in [7, 11) is 1.60. The molecule has 8 heteroatoms. The van der Waals surface area contributed by atoms with Gasteiger partial charge in [-0.2, -0.15) is 5.10 Å². The molecular weight excluding hydrogens is 328 g/mol. The Bertz CT molecular complexity index is 684. The van der Waals surface area contributed by atoms with Gasteiger partial charge in [-0.25, -0.2) is 4.98 Å². The monoisotopic (exact) mass is 350 g/mol. The van der Waals surface area contributed by atoms with Gasteiger partial charge in [-0.05, 0) is 13.0 Å². The van der Waals surface area contributed by atoms with Crippen molar-refractivity contribution in [2.75, 3.05) is 20.3 Å². The summed E-state index contributed by atoms with van der Waals surface area (Å²) in [6.45, 7) is 4.60. The molecule has 0 aliphatic carbocycles. The maximum Gasteiger partial charge on any atom is 0.225 e. The van der Waals surface area contributed by atoms with Crippen molar-refractivity contribution >= 4 is 17.2 Å². The Balaban J connectivity index is 1.67. The number of nitrogens with zero attached hydrogens (tertiary/aromatic N) is 4. The number of carbonyl (C=O) groups excluding carboxylic acids is 1. The normalized spacial score (nSPS) is 17.6. The van der Waals surface area contributed by atoms with Crippen LogP contribution < -0.4 is 0 Å². The van der Waals surface area contributed by atoms with E-state index in [9.17, 15) is 4.79 Å². The highest BCUT2D eigenvalue weighted by molar-refractivity contribution is 7.09. The van der Waals surface area contributed by atoms with E-state index in [1.165, 1.54) is 0 Å². The maximum atomic E-state index is 12.4. The Morgan fingerprint density at radius 3 is 3.08 bits per heavy atom. The standard InChI is InChI=1S/C16H22N4O3S/c1-12-18-13(11-24-12)10-23-15-8-19(16(21)4-6-22-2)7-14-3-5-17-20(14)9-15/h3,5,11,15H,4,6-10H2,1-2H3. The number of carbonyl (C=O) groups is 1. The number of hydrogen-bond acceptors (Lipinski definition) is 6. The van der Waals surface area contributed by atoms with Crippen LogP contribution in [0.1, 0.15) is 22.8 Å². The molecule has 0 saturated carbocycles. The first kappa shape index (κ1) is 17.1. The Morgan fingerprint density at radius 2 is 2.33 bits per heavy atom. The van der Waals surface area contributed by atoms with Gasteiger partial charge in [0.25, 0.3) is 0 Å². The number of aromatic nitrogens is 3. The van der Waals surface area contributed by atoms with E-state index in [-0.39, 0.29) is 12.0 Å². The van der Waals surface area contributed by atoms with Crippen molar-refractivity contribution in [3.05, 3.63) is 34.0 Å². The lowest BCUT2D eigenvalue weighted by Crippen LogP contribution is -2.37. The molecule has 0 spiro atoms. The van der Waals surface area contributed by atoms with Crippen molar-refractivity contribution < 1.29 is 14.3 Å². The fourth-order valence-corrected chi connectivity index (χ4v) is 3.33. The van der Waals surface area contributed by atoms with Crippen LogP contribution in [0.3, 0.4) is 0 Å². The number of hydrogen-bond donors (Lipinski definition) is 0. The third-order valence-corrected chi connectivity index (χ3v) is 4.79. The topological polar surface area (TPSA) is 69.5 Å². The molecule has 2 aromatic rings. The van der Waals surface area contributed by atoms with E-state index >= 15 is 0 Å². The van der Waals surface area contributed by atoms with Crippen molar-refractivity contribution in [3.63, 3.8) is 0 Å². The molecule has 0 fully saturated rings. The summed E-state index contributed by atoms with van der Waals surface area (Å²) in [5.41, 5.74) is 1.95. The number of methoxy groups -OCH3 is 1. The summed E-state index contributed by atoms with van der Waals surface area (Å²) in [6, 6.07) is 1.95. The van der Waals surface area contributed by atoms with Crippen LogP contribution >= 0.6 is 11.3 Å². The van der Waals surface area contributed by atoms with Crippen LogP contribution in [-0.4, -0.2) is 51.9 Å². The first-order chi connectivity index (χ1) is 11.7. The maximum absolute atomic E-state index is 12.4. The van der Waals surface area contributed by atoms with Gasteiger partial charge < -0.3 is 14.4 Å². The zero-order chi connectivity index (χ0) is 16.9. The zero-order valence-electron chi connectivity index (χ0n) is 14.0. The summed E-state index contributed by atoms with van der Waals surface area (Å²) in [5.74, 6) is 0.0737. The SMILES string of the molecule is COCCC(=O)N1Cc2ccnn2CC(OCc2csc(C)n2)C1. The second kappa shape index (κ2) is 7.87. The molecule has 0 aromatic carbocycles. The molecular formula is C16H22N4O3S. The average Bonchev–Trinajstić information content (AvgIpc) is 3.14. The van der Waals surface area contributed by atoms with Crippen molar-refractivity contribution in [3.8, 4) is 0 Å². The molecule has 24 heavy (non-hydrogen) atoms. The van der Waals surface area contributed by atoms with Crippen LogP contribution in [0.4, 0.5) is 0 Å². The predicted molar refractivity (Wildman–Crippen MR) is 89.6 cm³/mol. The van der Waals surface area contributed by atoms with E-state index in [1.807, 2.05) is 28.0 Å². The van der Waals surface area contributed by atoms with Gasteiger partial charge in [-0.15, -0.1) is 11.3 Å². The lowest BCUT2D eigenvalue weighted by atomic mass is 10.3. The van der Waals surface area contributed by atoms with Gasteiger partial charge in [-0.3, -0.25) is 9.48 Å². The van der Waals surface area contributed by atoms with Gasteiger partial charge in [0, 0.05) is 25.2 Å². The summed E-state index contributed by atoms with van der Waals surface area (Å²) < 4.78 is 13.0. The molecule has 7 nitrogen and oxygen atoms in total. The molecule has 0 saturated heterocycles. The molecule has 1 amide bonds. The van der Waals surface area contributed by atoms with E-state index in [2.05, 4.69) is 10.1 Å². The van der Waals surface area contributed by atoms with Gasteiger partial charge in [-0.1, -0.05) is 0 Å². The van der Waals surface area contributed by atoms with E-state index < -0.39 is 0 Å². The van der Waals surface area contributed by atoms with Gasteiger partial charge in [0.1, 0.15) is 0 Å². The second-order valence-electron chi connectivity index (χ2n) is 5.81. The number of ether oxygens (including phenoxy) is 2. The smallest absolute Gasteiger partial charge is 0.225 e. The molecule has 1 unspecified atom stereocenters. The molecule has 130 valence electrons. The van der Waals surface area contributed by atoms with Crippen molar-refractivity contribution in [1.29, 1.82) is 0 Å². The third kappa shape index (κ3) is 4.19. The molecule has 1 aliphatic rings. The van der Waals surface area contributed by atoms with Crippen LogP contribution in [0.2, 0.25) is 0 Å². The average molecular weight is 350 g/mol. The molecule has 0 N–H and O–H groups in total. The van der Waals surface area contributed by atoms with Gasteiger partial charge in [0.05, 0.1) is 55.2 Å². The van der Waals surface area contributed by atoms with Crippen LogP contribution in [0, 0.1) is 6.92 Å². The molecule has 0 bridgehead atoms. The predicted octanol–water partition coefficient (Wildman–Crippen LogP) is 1.61. The first-order valence-corrected chi connectivity index (χ1v) is 8.83. The van der Waals surface area contributed by atoms with Crippen LogP contribution in [0.5, 0.6) is 0 Å². The number of rotatable bonds is 6. The summed E-state index contributed by atoms with van der Waals surface area (Å²) in [4.78, 5) is 18.7. The Morgan fingerprint density at radius 1 is 1.46 bits per heavy atom. The van der Waals surface area contributed by atoms with Gasteiger partial charge >= 0.3 is 0 Å². The lowest BCUT2D eigenvalue weighted by molar-refractivity contribution is -0.134. The molecule has 3 heterocycles. The summed E-state index contributed by atoms with van der Waals surface area (Å²) in [6.07, 6.45) is 2.03. The number of amides is 1. The number of thiazole rings is 1. The van der Waals surface area contributed by atoms with Crippen molar-refractivity contribution in [2.45, 2.75) is 39.1 Å². The highest BCUT2D eigenvalue weighted by Gasteiger charge is 2.26. The highest BCUT2D eigenvalue weighted by atomic mass is 32.1. The Labute approximate surface area is 145 Å². The lowest BCUT2D eigenvalue weighted by Gasteiger charge is -2.24. The Kier molecular flexibility index (Phi) is 5.60. The Hall–Kier alpha value is -1.77. The number of aryl methyl sites for hydroxylation is 1. The largest absolute Gasteiger partial charge is 0.384 e. The minimum atomic E-state index is -0.111. The van der Waals surface area contributed by atoms with E-state index in [0.717, 1.165) is 16.4 Å². The molecule has 0 radical (unpaired) electrons. The third-order valence-electron chi connectivity index (χ3n) is 3.96. The number of fused-ring (bicyclic) bond motifs is 1. The van der Waals surface area contributed by atoms with Crippen molar-refractivity contribution in [1.82, 2.24) is 19.7 Å². The quantitative estimate of drug-likeness (QED) is 0.792. The molecule has 1 aliphatic heterocycles. The first-order valence-electron chi connectivity index (χ1n) is 7.95. The fraction of sp³-hybridized carbons (Fsp3) is 0.562. The van der Waals surface area contributed by atoms with Gasteiger partial charge in [0.2, 0.25) is 5.91 Å². The second-order valence-corrected chi connectivity index (χ2v) is 6.87. The fourth-order valence-electron chi connectivity index (χ4n) is 2.74. The summed E-state index contributed by atoms with van der Waals surface area (Å²) >= 11 is 1.61. The van der Waals surface area contributed by atoms with Crippen LogP contribution in [0.25, 0.3) is 0 Å². The minimum absolute atomic E-state index is 0.0737. The van der Waals surface area contributed by atoms with Crippen LogP contribution in [-0.2, 0) is 34.0 Å². The van der Waals surface area contributed by atoms with E-state index in [4.69, 9.17) is 9.47 Å². The highest BCUT2D eigenvalue weighted by Crippen LogP contribution is 2.17.